The molecule has 1 aliphatic carbocycles. The van der Waals surface area contributed by atoms with Gasteiger partial charge < -0.3 is 16.0 Å². The fraction of sp³-hybridized carbons (Fsp3) is 0.444. The topological polar surface area (TPSA) is 70.2 Å². The van der Waals surface area contributed by atoms with Crippen LogP contribution in [-0.2, 0) is 0 Å². The van der Waals surface area contributed by atoms with Gasteiger partial charge in [0.25, 0.3) is 5.91 Å². The van der Waals surface area contributed by atoms with Crippen molar-refractivity contribution in [3.05, 3.63) is 47.3 Å². The maximum absolute atomic E-state index is 12.8. The number of hydrogen-bond acceptors (Lipinski definition) is 2. The third-order valence-electron chi connectivity index (χ3n) is 3.92. The Kier molecular flexibility index (Phi) is 7.26. The molecule has 0 fully saturated rings. The van der Waals surface area contributed by atoms with Crippen molar-refractivity contribution in [1.29, 1.82) is 0 Å². The molecule has 3 N–H and O–H groups in total. The molecule has 0 aromatic heterocycles. The van der Waals surface area contributed by atoms with Crippen LogP contribution in [0.4, 0.5) is 9.18 Å². The average molecular weight is 333 g/mol. The zero-order valence-electron chi connectivity index (χ0n) is 13.7. The van der Waals surface area contributed by atoms with Crippen LogP contribution in [0.15, 0.2) is 35.9 Å². The Morgan fingerprint density at radius 3 is 2.38 bits per heavy atom. The van der Waals surface area contributed by atoms with Crippen LogP contribution < -0.4 is 16.0 Å². The van der Waals surface area contributed by atoms with E-state index in [4.69, 9.17) is 0 Å². The van der Waals surface area contributed by atoms with Gasteiger partial charge in [-0.25, -0.2) is 9.18 Å². The second-order valence-electron chi connectivity index (χ2n) is 5.80. The zero-order valence-corrected chi connectivity index (χ0v) is 13.7. The summed E-state index contributed by atoms with van der Waals surface area (Å²) in [4.78, 5) is 23.4. The summed E-state index contributed by atoms with van der Waals surface area (Å²) in [6, 6.07) is 5.09. The average Bonchev–Trinajstić information content (AvgIpc) is 2.60. The number of rotatable bonds is 7. The van der Waals surface area contributed by atoms with Gasteiger partial charge >= 0.3 is 6.03 Å². The van der Waals surface area contributed by atoms with E-state index in [2.05, 4.69) is 22.0 Å². The van der Waals surface area contributed by atoms with E-state index in [0.717, 1.165) is 19.3 Å². The van der Waals surface area contributed by atoms with Gasteiger partial charge in [-0.15, -0.1) is 0 Å². The second-order valence-corrected chi connectivity index (χ2v) is 5.80. The molecule has 0 spiro atoms. The normalized spacial score (nSPS) is 13.8. The largest absolute Gasteiger partial charge is 0.350 e. The van der Waals surface area contributed by atoms with E-state index in [1.165, 1.54) is 42.7 Å². The number of urea groups is 1. The molecular formula is C18H24FN3O2. The molecule has 1 aromatic carbocycles. The fourth-order valence-corrected chi connectivity index (χ4v) is 2.59. The van der Waals surface area contributed by atoms with E-state index < -0.39 is 0 Å². The number of amides is 3. The van der Waals surface area contributed by atoms with E-state index in [1.807, 2.05) is 0 Å². The lowest BCUT2D eigenvalue weighted by molar-refractivity contribution is 0.0954. The van der Waals surface area contributed by atoms with Crippen LogP contribution in [-0.4, -0.2) is 31.6 Å². The molecule has 0 heterocycles. The van der Waals surface area contributed by atoms with E-state index in [1.54, 1.807) is 0 Å². The lowest BCUT2D eigenvalue weighted by atomic mass is 9.97. The van der Waals surface area contributed by atoms with Crippen LogP contribution in [0.2, 0.25) is 0 Å². The summed E-state index contributed by atoms with van der Waals surface area (Å²) in [6.07, 6.45) is 7.96. The van der Waals surface area contributed by atoms with Crippen LogP contribution in [0.5, 0.6) is 0 Å². The van der Waals surface area contributed by atoms with Crippen LogP contribution in [0, 0.1) is 5.82 Å². The molecule has 1 aliphatic rings. The summed E-state index contributed by atoms with van der Waals surface area (Å²) in [5.74, 6) is -0.671. The van der Waals surface area contributed by atoms with Crippen LogP contribution in [0.3, 0.4) is 0 Å². The summed E-state index contributed by atoms with van der Waals surface area (Å²) in [5.41, 5.74) is 1.81. The molecular weight excluding hydrogens is 309 g/mol. The van der Waals surface area contributed by atoms with Crippen LogP contribution in [0.1, 0.15) is 42.5 Å². The van der Waals surface area contributed by atoms with Gasteiger partial charge in [0.15, 0.2) is 0 Å². The van der Waals surface area contributed by atoms with Crippen molar-refractivity contribution in [1.82, 2.24) is 16.0 Å². The molecule has 1 aromatic rings. The molecule has 130 valence electrons. The first-order chi connectivity index (χ1) is 11.6. The summed E-state index contributed by atoms with van der Waals surface area (Å²) in [6.45, 7) is 1.27. The number of carbonyl (C=O) groups is 2. The molecule has 0 aliphatic heterocycles. The molecule has 3 amide bonds. The minimum atomic E-state index is -0.381. The van der Waals surface area contributed by atoms with Gasteiger partial charge in [-0.1, -0.05) is 11.6 Å². The van der Waals surface area contributed by atoms with Gasteiger partial charge in [0.2, 0.25) is 0 Å². The maximum Gasteiger partial charge on any atom is 0.314 e. The molecule has 0 atom stereocenters. The Morgan fingerprint density at radius 2 is 1.67 bits per heavy atom. The third kappa shape index (κ3) is 6.40. The molecule has 0 radical (unpaired) electrons. The number of hydrogen-bond donors (Lipinski definition) is 3. The Hall–Kier alpha value is -2.37. The number of halogens is 1. The van der Waals surface area contributed by atoms with Crippen molar-refractivity contribution in [2.75, 3.05) is 19.6 Å². The van der Waals surface area contributed by atoms with Gasteiger partial charge in [0.05, 0.1) is 0 Å². The number of allylic oxidation sites excluding steroid dienone is 1. The van der Waals surface area contributed by atoms with Gasteiger partial charge in [-0.3, -0.25) is 4.79 Å². The van der Waals surface area contributed by atoms with Gasteiger partial charge in [-0.05, 0) is 56.4 Å². The zero-order chi connectivity index (χ0) is 17.2. The molecule has 0 saturated heterocycles. The molecule has 6 heteroatoms. The van der Waals surface area contributed by atoms with Crippen LogP contribution in [0.25, 0.3) is 0 Å². The minimum Gasteiger partial charge on any atom is -0.350 e. The van der Waals surface area contributed by atoms with Gasteiger partial charge in [0.1, 0.15) is 5.82 Å². The van der Waals surface area contributed by atoms with Gasteiger partial charge in [0, 0.05) is 25.2 Å². The van der Waals surface area contributed by atoms with Crippen molar-refractivity contribution in [3.8, 4) is 0 Å². The van der Waals surface area contributed by atoms with Crippen molar-refractivity contribution < 1.29 is 14.0 Å². The third-order valence-corrected chi connectivity index (χ3v) is 3.92. The minimum absolute atomic E-state index is 0.234. The highest BCUT2D eigenvalue weighted by Gasteiger charge is 2.06. The first-order valence-electron chi connectivity index (χ1n) is 8.38. The lowest BCUT2D eigenvalue weighted by Crippen LogP contribution is -2.40. The summed E-state index contributed by atoms with van der Waals surface area (Å²) in [7, 11) is 0. The van der Waals surface area contributed by atoms with E-state index in [0.29, 0.717) is 25.2 Å². The summed E-state index contributed by atoms with van der Waals surface area (Å²) >= 11 is 0. The predicted octanol–water partition coefficient (Wildman–Crippen LogP) is 2.75. The maximum atomic E-state index is 12.8. The number of carbonyl (C=O) groups excluding carboxylic acids is 2. The summed E-state index contributed by atoms with van der Waals surface area (Å²) < 4.78 is 12.8. The Morgan fingerprint density at radius 1 is 0.958 bits per heavy atom. The predicted molar refractivity (Wildman–Crippen MR) is 91.3 cm³/mol. The standard InChI is InChI=1S/C18H24FN3O2/c19-16-8-6-15(7-9-16)17(23)20-12-13-22-18(24)21-11-10-14-4-2-1-3-5-14/h4,6-9H,1-3,5,10-13H2,(H,20,23)(H2,21,22,24). The smallest absolute Gasteiger partial charge is 0.314 e. The lowest BCUT2D eigenvalue weighted by Gasteiger charge is -2.13. The van der Waals surface area contributed by atoms with Crippen molar-refractivity contribution >= 4 is 11.9 Å². The Bertz CT molecular complexity index is 584. The molecule has 24 heavy (non-hydrogen) atoms. The van der Waals surface area contributed by atoms with Crippen molar-refractivity contribution in [2.24, 2.45) is 0 Å². The second kappa shape index (κ2) is 9.70. The first-order valence-corrected chi connectivity index (χ1v) is 8.38. The quantitative estimate of drug-likeness (QED) is 0.530. The van der Waals surface area contributed by atoms with Crippen molar-refractivity contribution in [2.45, 2.75) is 32.1 Å². The highest BCUT2D eigenvalue weighted by Crippen LogP contribution is 2.19. The molecule has 0 saturated carbocycles. The SMILES string of the molecule is O=C(NCCNC(=O)c1ccc(F)cc1)NCCC1=CCCCC1. The first kappa shape index (κ1) is 18.0. The Balaban J connectivity index is 1.54. The highest BCUT2D eigenvalue weighted by molar-refractivity contribution is 5.94. The van der Waals surface area contributed by atoms with Crippen LogP contribution >= 0.6 is 0 Å². The van der Waals surface area contributed by atoms with Crippen molar-refractivity contribution in [3.63, 3.8) is 0 Å². The molecule has 0 unspecified atom stereocenters. The number of nitrogens with one attached hydrogen (secondary N) is 3. The summed E-state index contributed by atoms with van der Waals surface area (Å²) in [5, 5.41) is 8.17. The molecule has 2 rings (SSSR count). The highest BCUT2D eigenvalue weighted by atomic mass is 19.1. The monoisotopic (exact) mass is 333 g/mol. The molecule has 5 nitrogen and oxygen atoms in total. The van der Waals surface area contributed by atoms with E-state index in [-0.39, 0.29) is 17.8 Å². The van der Waals surface area contributed by atoms with E-state index in [9.17, 15) is 14.0 Å². The van der Waals surface area contributed by atoms with Gasteiger partial charge in [-0.2, -0.15) is 0 Å². The van der Waals surface area contributed by atoms with E-state index >= 15 is 0 Å². The number of benzene rings is 1. The molecule has 0 bridgehead atoms. The fourth-order valence-electron chi connectivity index (χ4n) is 2.59. The Labute approximate surface area is 141 Å².